The maximum absolute atomic E-state index is 4.41. The first-order valence-corrected chi connectivity index (χ1v) is 5.51. The van der Waals surface area contributed by atoms with Gasteiger partial charge < -0.3 is 9.55 Å². The van der Waals surface area contributed by atoms with Gasteiger partial charge in [-0.2, -0.15) is 0 Å². The van der Waals surface area contributed by atoms with Crippen molar-refractivity contribution in [2.24, 2.45) is 7.05 Å². The van der Waals surface area contributed by atoms with Gasteiger partial charge in [-0.25, -0.2) is 15.0 Å². The lowest BCUT2D eigenvalue weighted by Crippen LogP contribution is -1.90. The first-order valence-electron chi connectivity index (χ1n) is 4.72. The highest BCUT2D eigenvalue weighted by atomic mass is 79.9. The number of H-pyrrole nitrogens is 1. The zero-order valence-corrected chi connectivity index (χ0v) is 10.1. The highest BCUT2D eigenvalue weighted by molar-refractivity contribution is 9.10. The molecule has 1 N–H and O–H groups in total. The van der Waals surface area contributed by atoms with E-state index in [1.165, 1.54) is 0 Å². The van der Waals surface area contributed by atoms with Gasteiger partial charge >= 0.3 is 0 Å². The van der Waals surface area contributed by atoms with Crippen LogP contribution in [0, 0.1) is 0 Å². The molecular formula is C10H8BrN5. The third kappa shape index (κ3) is 1.42. The highest BCUT2D eigenvalue weighted by Crippen LogP contribution is 2.20. The van der Waals surface area contributed by atoms with Crippen molar-refractivity contribution in [1.82, 2.24) is 24.5 Å². The van der Waals surface area contributed by atoms with Crippen LogP contribution in [0.5, 0.6) is 0 Å². The number of aromatic amines is 1. The van der Waals surface area contributed by atoms with Crippen LogP contribution in [-0.4, -0.2) is 24.5 Å². The van der Waals surface area contributed by atoms with Gasteiger partial charge in [0.15, 0.2) is 11.5 Å². The predicted molar refractivity (Wildman–Crippen MR) is 63.8 cm³/mol. The van der Waals surface area contributed by atoms with E-state index in [0.717, 1.165) is 21.5 Å². The Morgan fingerprint density at radius 2 is 2.25 bits per heavy atom. The fourth-order valence-electron chi connectivity index (χ4n) is 1.58. The average molecular weight is 278 g/mol. The van der Waals surface area contributed by atoms with E-state index >= 15 is 0 Å². The third-order valence-electron chi connectivity index (χ3n) is 2.36. The van der Waals surface area contributed by atoms with Gasteiger partial charge in [0.1, 0.15) is 5.69 Å². The van der Waals surface area contributed by atoms with E-state index in [0.29, 0.717) is 5.65 Å². The van der Waals surface area contributed by atoms with Gasteiger partial charge in [0.2, 0.25) is 0 Å². The number of hydrogen-bond acceptors (Lipinski definition) is 3. The van der Waals surface area contributed by atoms with Crippen molar-refractivity contribution in [1.29, 1.82) is 0 Å². The summed E-state index contributed by atoms with van der Waals surface area (Å²) in [6, 6.07) is 1.95. The van der Waals surface area contributed by atoms with Gasteiger partial charge in [-0.05, 0) is 22.0 Å². The van der Waals surface area contributed by atoms with Crippen molar-refractivity contribution in [3.8, 4) is 11.5 Å². The Labute approximate surface area is 99.7 Å². The molecule has 0 aliphatic rings. The molecule has 6 heteroatoms. The Hall–Kier alpha value is -1.69. The number of nitrogens with one attached hydrogen (secondary N) is 1. The molecule has 0 amide bonds. The lowest BCUT2D eigenvalue weighted by molar-refractivity contribution is 0.913. The van der Waals surface area contributed by atoms with Gasteiger partial charge in [-0.1, -0.05) is 0 Å². The van der Waals surface area contributed by atoms with Crippen LogP contribution in [0.1, 0.15) is 0 Å². The van der Waals surface area contributed by atoms with Crippen LogP contribution in [0.3, 0.4) is 0 Å². The Kier molecular flexibility index (Phi) is 2.03. The van der Waals surface area contributed by atoms with Crippen molar-refractivity contribution < 1.29 is 0 Å². The van der Waals surface area contributed by atoms with Gasteiger partial charge in [0, 0.05) is 17.7 Å². The second-order valence-corrected chi connectivity index (χ2v) is 4.42. The van der Waals surface area contributed by atoms with E-state index in [2.05, 4.69) is 35.9 Å². The fourth-order valence-corrected chi connectivity index (χ4v) is 1.91. The number of rotatable bonds is 1. The quantitative estimate of drug-likeness (QED) is 0.741. The van der Waals surface area contributed by atoms with Gasteiger partial charge in [0.25, 0.3) is 0 Å². The summed E-state index contributed by atoms with van der Waals surface area (Å²) in [6.07, 6.45) is 5.24. The van der Waals surface area contributed by atoms with Crippen LogP contribution in [-0.2, 0) is 7.05 Å². The number of fused-ring (bicyclic) bond motifs is 1. The van der Waals surface area contributed by atoms with Gasteiger partial charge in [0.05, 0.1) is 18.0 Å². The molecule has 3 heterocycles. The molecule has 0 aromatic carbocycles. The minimum Gasteiger partial charge on any atom is -0.335 e. The first-order chi connectivity index (χ1) is 7.74. The molecule has 0 saturated heterocycles. The Morgan fingerprint density at radius 1 is 1.38 bits per heavy atom. The Bertz CT molecular complexity index is 654. The largest absolute Gasteiger partial charge is 0.335 e. The SMILES string of the molecule is Cn1cncc1-c1nc2ncc(Br)cc2[nH]1. The van der Waals surface area contributed by atoms with Crippen molar-refractivity contribution >= 4 is 27.1 Å². The Balaban J connectivity index is 2.23. The fraction of sp³-hybridized carbons (Fsp3) is 0.100. The molecule has 5 nitrogen and oxygen atoms in total. The molecule has 0 unspecified atom stereocenters. The average Bonchev–Trinajstić information content (AvgIpc) is 2.82. The van der Waals surface area contributed by atoms with Crippen molar-refractivity contribution in [2.75, 3.05) is 0 Å². The molecular weight excluding hydrogens is 270 g/mol. The molecule has 3 rings (SSSR count). The third-order valence-corrected chi connectivity index (χ3v) is 2.80. The summed E-state index contributed by atoms with van der Waals surface area (Å²) >= 11 is 3.38. The molecule has 0 fully saturated rings. The molecule has 0 saturated carbocycles. The molecule has 0 bridgehead atoms. The van der Waals surface area contributed by atoms with Crippen LogP contribution in [0.25, 0.3) is 22.7 Å². The van der Waals surface area contributed by atoms with Crippen molar-refractivity contribution in [2.45, 2.75) is 0 Å². The summed E-state index contributed by atoms with van der Waals surface area (Å²) < 4.78 is 2.84. The van der Waals surface area contributed by atoms with E-state index < -0.39 is 0 Å². The van der Waals surface area contributed by atoms with Crippen LogP contribution >= 0.6 is 15.9 Å². The monoisotopic (exact) mass is 277 g/mol. The lowest BCUT2D eigenvalue weighted by atomic mass is 10.4. The van der Waals surface area contributed by atoms with Crippen LogP contribution in [0.4, 0.5) is 0 Å². The minimum absolute atomic E-state index is 0.708. The highest BCUT2D eigenvalue weighted by Gasteiger charge is 2.09. The number of nitrogens with zero attached hydrogens (tertiary/aromatic N) is 4. The summed E-state index contributed by atoms with van der Waals surface area (Å²) in [7, 11) is 1.93. The summed E-state index contributed by atoms with van der Waals surface area (Å²) in [6.45, 7) is 0. The van der Waals surface area contributed by atoms with E-state index in [1.807, 2.05) is 17.7 Å². The van der Waals surface area contributed by atoms with Crippen LogP contribution in [0.15, 0.2) is 29.3 Å². The van der Waals surface area contributed by atoms with Crippen molar-refractivity contribution in [3.63, 3.8) is 0 Å². The van der Waals surface area contributed by atoms with E-state index in [4.69, 9.17) is 0 Å². The zero-order chi connectivity index (χ0) is 11.1. The molecule has 3 aromatic rings. The molecule has 16 heavy (non-hydrogen) atoms. The summed E-state index contributed by atoms with van der Waals surface area (Å²) in [5, 5.41) is 0. The number of hydrogen-bond donors (Lipinski definition) is 1. The molecule has 0 aliphatic carbocycles. The smallest absolute Gasteiger partial charge is 0.178 e. The molecule has 0 radical (unpaired) electrons. The van der Waals surface area contributed by atoms with Crippen LogP contribution in [0.2, 0.25) is 0 Å². The first kappa shape index (κ1) is 9.53. The maximum atomic E-state index is 4.41. The maximum Gasteiger partial charge on any atom is 0.178 e. The van der Waals surface area contributed by atoms with E-state index in [1.54, 1.807) is 18.7 Å². The minimum atomic E-state index is 0.708. The van der Waals surface area contributed by atoms with E-state index in [-0.39, 0.29) is 0 Å². The number of aryl methyl sites for hydroxylation is 1. The zero-order valence-electron chi connectivity index (χ0n) is 8.48. The second-order valence-electron chi connectivity index (χ2n) is 3.50. The molecule has 0 aliphatic heterocycles. The molecule has 3 aromatic heterocycles. The van der Waals surface area contributed by atoms with Crippen molar-refractivity contribution in [3.05, 3.63) is 29.3 Å². The lowest BCUT2D eigenvalue weighted by Gasteiger charge is -1.95. The molecule has 0 atom stereocenters. The Morgan fingerprint density at radius 3 is 3.00 bits per heavy atom. The molecule has 80 valence electrons. The van der Waals surface area contributed by atoms with Crippen LogP contribution < -0.4 is 0 Å². The summed E-state index contributed by atoms with van der Waals surface area (Å²) in [4.78, 5) is 15.9. The molecule has 0 spiro atoms. The number of aromatic nitrogens is 5. The normalized spacial score (nSPS) is 11.1. The van der Waals surface area contributed by atoms with Gasteiger partial charge in [-0.15, -0.1) is 0 Å². The number of halogens is 1. The summed E-state index contributed by atoms with van der Waals surface area (Å²) in [5.41, 5.74) is 2.55. The standard InChI is InChI=1S/C10H8BrN5/c1-16-5-12-4-8(16)10-14-7-2-6(11)3-13-9(7)15-10/h2-5H,1H3,(H,13,14,15). The number of pyridine rings is 1. The second kappa shape index (κ2) is 3.41. The predicted octanol–water partition coefficient (Wildman–Crippen LogP) is 2.12. The summed E-state index contributed by atoms with van der Waals surface area (Å²) in [5.74, 6) is 0.778. The topological polar surface area (TPSA) is 59.4 Å². The van der Waals surface area contributed by atoms with Gasteiger partial charge in [-0.3, -0.25) is 0 Å². The number of imidazole rings is 2. The van der Waals surface area contributed by atoms with E-state index in [9.17, 15) is 0 Å².